The monoisotopic (exact) mass is 455 g/mol. The number of ether oxygens (including phenoxy) is 1. The second-order valence-corrected chi connectivity index (χ2v) is 8.89. The van der Waals surface area contributed by atoms with Crippen LogP contribution in [0, 0.1) is 0 Å². The molecular weight excluding hydrogens is 430 g/mol. The van der Waals surface area contributed by atoms with E-state index in [9.17, 15) is 9.59 Å². The topological polar surface area (TPSA) is 80.3 Å². The molecule has 0 aliphatic rings. The summed E-state index contributed by atoms with van der Waals surface area (Å²) >= 11 is 2.71. The van der Waals surface area contributed by atoms with Gasteiger partial charge in [-0.2, -0.15) is 0 Å². The van der Waals surface area contributed by atoms with Crippen LogP contribution in [0.3, 0.4) is 0 Å². The van der Waals surface area contributed by atoms with Gasteiger partial charge in [0.1, 0.15) is 16.4 Å². The van der Waals surface area contributed by atoms with Crippen molar-refractivity contribution in [1.29, 1.82) is 0 Å². The summed E-state index contributed by atoms with van der Waals surface area (Å²) in [5, 5.41) is 6.23. The number of hydrogen-bond donors (Lipinski definition) is 2. The number of thiazole rings is 1. The maximum Gasteiger partial charge on any atom is 0.256 e. The van der Waals surface area contributed by atoms with Crippen molar-refractivity contribution >= 4 is 39.9 Å². The predicted molar refractivity (Wildman–Crippen MR) is 127 cm³/mol. The van der Waals surface area contributed by atoms with Crippen molar-refractivity contribution in [3.05, 3.63) is 60.2 Å². The number of nitrogens with one attached hydrogen (secondary N) is 2. The maximum atomic E-state index is 12.8. The van der Waals surface area contributed by atoms with Crippen LogP contribution in [0.15, 0.2) is 58.9 Å². The lowest BCUT2D eigenvalue weighted by Gasteiger charge is -2.08. The molecule has 0 radical (unpaired) electrons. The number of carbonyl (C=O) groups excluding carboxylic acids is 2. The quantitative estimate of drug-likeness (QED) is 0.329. The zero-order chi connectivity index (χ0) is 22.1. The van der Waals surface area contributed by atoms with Gasteiger partial charge in [-0.1, -0.05) is 66.8 Å². The molecule has 8 heteroatoms. The molecule has 3 aromatic rings. The van der Waals surface area contributed by atoms with Gasteiger partial charge in [0.15, 0.2) is 4.34 Å². The molecule has 2 N–H and O–H groups in total. The molecule has 0 saturated heterocycles. The van der Waals surface area contributed by atoms with E-state index in [1.165, 1.54) is 23.1 Å². The molecule has 2 aromatic carbocycles. The van der Waals surface area contributed by atoms with E-state index in [0.717, 1.165) is 28.5 Å². The molecule has 3 rings (SSSR count). The van der Waals surface area contributed by atoms with E-state index in [-0.39, 0.29) is 17.6 Å². The number of anilines is 1. The minimum Gasteiger partial charge on any atom is -0.494 e. The summed E-state index contributed by atoms with van der Waals surface area (Å²) in [6.07, 6.45) is 2.07. The number of nitrogens with zero attached hydrogens (tertiary/aromatic N) is 1. The van der Waals surface area contributed by atoms with E-state index in [2.05, 4.69) is 22.5 Å². The SMILES string of the molecule is CCCCOc1ccc(C(=O)Nc2sc(SCC(=O)NC)nc2-c2ccccc2)cc1. The van der Waals surface area contributed by atoms with Crippen LogP contribution in [-0.4, -0.2) is 36.2 Å². The van der Waals surface area contributed by atoms with E-state index >= 15 is 0 Å². The minimum absolute atomic E-state index is 0.0757. The van der Waals surface area contributed by atoms with Gasteiger partial charge in [0.2, 0.25) is 5.91 Å². The fourth-order valence-corrected chi connectivity index (χ4v) is 4.58. The van der Waals surface area contributed by atoms with Gasteiger partial charge in [0.25, 0.3) is 5.91 Å². The van der Waals surface area contributed by atoms with Gasteiger partial charge >= 0.3 is 0 Å². The third-order valence-electron chi connectivity index (χ3n) is 4.37. The normalized spacial score (nSPS) is 10.5. The Morgan fingerprint density at radius 3 is 2.52 bits per heavy atom. The molecule has 0 fully saturated rings. The molecule has 2 amide bonds. The molecule has 0 atom stereocenters. The van der Waals surface area contributed by atoms with Gasteiger partial charge in [-0.05, 0) is 30.7 Å². The molecule has 0 saturated carbocycles. The van der Waals surface area contributed by atoms with E-state index < -0.39 is 0 Å². The third-order valence-corrected chi connectivity index (χ3v) is 6.48. The number of amides is 2. The molecule has 0 bridgehead atoms. The Bertz CT molecular complexity index is 1000. The Morgan fingerprint density at radius 1 is 1.10 bits per heavy atom. The smallest absolute Gasteiger partial charge is 0.256 e. The number of aromatic nitrogens is 1. The van der Waals surface area contributed by atoms with Crippen molar-refractivity contribution in [3.8, 4) is 17.0 Å². The van der Waals surface area contributed by atoms with Crippen molar-refractivity contribution in [2.75, 3.05) is 24.7 Å². The third kappa shape index (κ3) is 6.57. The van der Waals surface area contributed by atoms with Crippen LogP contribution in [0.25, 0.3) is 11.3 Å². The van der Waals surface area contributed by atoms with Crippen LogP contribution >= 0.6 is 23.1 Å². The van der Waals surface area contributed by atoms with Gasteiger partial charge in [-0.25, -0.2) is 4.98 Å². The number of rotatable bonds is 10. The predicted octanol–water partition coefficient (Wildman–Crippen LogP) is 5.08. The molecule has 1 heterocycles. The molecule has 31 heavy (non-hydrogen) atoms. The van der Waals surface area contributed by atoms with E-state index in [1.54, 1.807) is 31.3 Å². The lowest BCUT2D eigenvalue weighted by molar-refractivity contribution is -0.118. The van der Waals surface area contributed by atoms with Crippen molar-refractivity contribution in [1.82, 2.24) is 10.3 Å². The highest BCUT2D eigenvalue weighted by Gasteiger charge is 2.17. The Hall–Kier alpha value is -2.84. The zero-order valence-corrected chi connectivity index (χ0v) is 19.1. The highest BCUT2D eigenvalue weighted by atomic mass is 32.2. The first-order chi connectivity index (χ1) is 15.1. The summed E-state index contributed by atoms with van der Waals surface area (Å²) in [6.45, 7) is 2.78. The summed E-state index contributed by atoms with van der Waals surface area (Å²) < 4.78 is 6.38. The van der Waals surface area contributed by atoms with Crippen LogP contribution in [-0.2, 0) is 4.79 Å². The van der Waals surface area contributed by atoms with E-state index in [4.69, 9.17) is 4.74 Å². The molecule has 0 unspecified atom stereocenters. The largest absolute Gasteiger partial charge is 0.494 e. The van der Waals surface area contributed by atoms with Crippen LogP contribution < -0.4 is 15.4 Å². The number of unbranched alkanes of at least 4 members (excludes halogenated alkanes) is 1. The number of thioether (sulfide) groups is 1. The summed E-state index contributed by atoms with van der Waals surface area (Å²) in [5.41, 5.74) is 2.13. The Labute approximate surface area is 190 Å². The summed E-state index contributed by atoms with van der Waals surface area (Å²) in [4.78, 5) is 29.1. The van der Waals surface area contributed by atoms with Gasteiger partial charge in [-0.15, -0.1) is 0 Å². The van der Waals surface area contributed by atoms with Gasteiger partial charge in [-0.3, -0.25) is 9.59 Å². The van der Waals surface area contributed by atoms with Crippen molar-refractivity contribution < 1.29 is 14.3 Å². The van der Waals surface area contributed by atoms with Crippen LogP contribution in [0.4, 0.5) is 5.00 Å². The van der Waals surface area contributed by atoms with Crippen molar-refractivity contribution in [2.24, 2.45) is 0 Å². The number of hydrogen-bond acceptors (Lipinski definition) is 6. The maximum absolute atomic E-state index is 12.8. The van der Waals surface area contributed by atoms with Crippen LogP contribution in [0.2, 0.25) is 0 Å². The summed E-state index contributed by atoms with van der Waals surface area (Å²) in [7, 11) is 1.60. The first-order valence-corrected chi connectivity index (χ1v) is 11.8. The Kier molecular flexibility index (Phi) is 8.49. The highest BCUT2D eigenvalue weighted by Crippen LogP contribution is 2.37. The molecule has 1 aromatic heterocycles. The van der Waals surface area contributed by atoms with E-state index in [0.29, 0.717) is 22.9 Å². The van der Waals surface area contributed by atoms with Crippen molar-refractivity contribution in [3.63, 3.8) is 0 Å². The van der Waals surface area contributed by atoms with Gasteiger partial charge in [0.05, 0.1) is 12.4 Å². The van der Waals surface area contributed by atoms with Crippen molar-refractivity contribution in [2.45, 2.75) is 24.1 Å². The molecule has 162 valence electrons. The fourth-order valence-electron chi connectivity index (χ4n) is 2.65. The van der Waals surface area contributed by atoms with Gasteiger partial charge < -0.3 is 15.4 Å². The zero-order valence-electron chi connectivity index (χ0n) is 17.5. The molecular formula is C23H25N3O3S2. The Balaban J connectivity index is 1.76. The van der Waals surface area contributed by atoms with Crippen LogP contribution in [0.5, 0.6) is 5.75 Å². The minimum atomic E-state index is -0.219. The lowest BCUT2D eigenvalue weighted by Crippen LogP contribution is -2.19. The standard InChI is InChI=1S/C23H25N3O3S2/c1-3-4-14-29-18-12-10-17(11-13-18)21(28)26-22-20(16-8-6-5-7-9-16)25-23(31-22)30-15-19(27)24-2/h5-13H,3-4,14-15H2,1-2H3,(H,24,27)(H,26,28). The highest BCUT2D eigenvalue weighted by molar-refractivity contribution is 8.01. The molecule has 0 aliphatic carbocycles. The average Bonchev–Trinajstić information content (AvgIpc) is 3.21. The average molecular weight is 456 g/mol. The Morgan fingerprint density at radius 2 is 1.84 bits per heavy atom. The fraction of sp³-hybridized carbons (Fsp3) is 0.261. The number of benzene rings is 2. The summed E-state index contributed by atoms with van der Waals surface area (Å²) in [6, 6.07) is 16.8. The van der Waals surface area contributed by atoms with E-state index in [1.807, 2.05) is 30.3 Å². The van der Waals surface area contributed by atoms with Crippen LogP contribution in [0.1, 0.15) is 30.1 Å². The number of carbonyl (C=O) groups is 2. The first kappa shape index (κ1) is 22.8. The second-order valence-electron chi connectivity index (χ2n) is 6.67. The van der Waals surface area contributed by atoms with Gasteiger partial charge in [0, 0.05) is 18.2 Å². The lowest BCUT2D eigenvalue weighted by atomic mass is 10.1. The molecule has 0 aliphatic heterocycles. The summed E-state index contributed by atoms with van der Waals surface area (Å²) in [5.74, 6) is 0.725. The molecule has 0 spiro atoms. The molecule has 6 nitrogen and oxygen atoms in total. The first-order valence-electron chi connectivity index (χ1n) is 10.0. The second kappa shape index (κ2) is 11.5.